The van der Waals surface area contributed by atoms with E-state index in [4.69, 9.17) is 0 Å². The fourth-order valence-electron chi connectivity index (χ4n) is 1.93. The molecule has 0 atom stereocenters. The van der Waals surface area contributed by atoms with E-state index in [0.717, 1.165) is 23.5 Å². The van der Waals surface area contributed by atoms with Crippen molar-refractivity contribution in [2.75, 3.05) is 11.9 Å². The van der Waals surface area contributed by atoms with Crippen LogP contribution < -0.4 is 10.6 Å². The van der Waals surface area contributed by atoms with Gasteiger partial charge in [-0.25, -0.2) is 0 Å². The van der Waals surface area contributed by atoms with Gasteiger partial charge in [0.2, 0.25) is 0 Å². The van der Waals surface area contributed by atoms with Crippen LogP contribution in [0.25, 0.3) is 0 Å². The highest BCUT2D eigenvalue weighted by atomic mass is 16.1. The van der Waals surface area contributed by atoms with E-state index in [1.807, 2.05) is 38.1 Å². The lowest BCUT2D eigenvalue weighted by Crippen LogP contribution is -2.24. The van der Waals surface area contributed by atoms with E-state index < -0.39 is 0 Å². The Hall–Kier alpha value is -2.43. The third-order valence-corrected chi connectivity index (χ3v) is 2.91. The maximum absolute atomic E-state index is 12.1. The Kier molecular flexibility index (Phi) is 4.65. The highest BCUT2D eigenvalue weighted by Crippen LogP contribution is 2.15. The Morgan fingerprint density at radius 3 is 2.80 bits per heavy atom. The van der Waals surface area contributed by atoms with E-state index >= 15 is 0 Å². The van der Waals surface area contributed by atoms with Crippen LogP contribution in [0.15, 0.2) is 36.5 Å². The number of carbonyl (C=O) groups is 1. The number of amides is 1. The van der Waals surface area contributed by atoms with Crippen LogP contribution in [-0.4, -0.2) is 22.6 Å². The summed E-state index contributed by atoms with van der Waals surface area (Å²) in [5.74, 6) is -0.101. The molecule has 0 spiro atoms. The molecule has 0 aliphatic rings. The summed E-state index contributed by atoms with van der Waals surface area (Å²) in [6.07, 6.45) is 1.61. The number of aromatic nitrogens is 2. The first kappa shape index (κ1) is 14.0. The normalized spacial score (nSPS) is 10.1. The molecule has 0 aliphatic heterocycles. The predicted molar refractivity (Wildman–Crippen MR) is 78.5 cm³/mol. The molecular formula is C15H18N4O. The average molecular weight is 270 g/mol. The highest BCUT2D eigenvalue weighted by molar-refractivity contribution is 5.96. The predicted octanol–water partition coefficient (Wildman–Crippen LogP) is 2.15. The molecule has 0 bridgehead atoms. The SMILES string of the molecule is CCNc1ccc(C(=O)NCc2cccnn2)c(C)c1. The van der Waals surface area contributed by atoms with Crippen LogP contribution in [-0.2, 0) is 6.54 Å². The molecule has 2 rings (SSSR count). The van der Waals surface area contributed by atoms with Crippen LogP contribution in [0.1, 0.15) is 28.5 Å². The van der Waals surface area contributed by atoms with Gasteiger partial charge in [-0.2, -0.15) is 10.2 Å². The van der Waals surface area contributed by atoms with Crippen molar-refractivity contribution in [3.63, 3.8) is 0 Å². The van der Waals surface area contributed by atoms with Gasteiger partial charge in [-0.3, -0.25) is 4.79 Å². The molecule has 0 aliphatic carbocycles. The summed E-state index contributed by atoms with van der Waals surface area (Å²) in [6.45, 7) is 5.20. The van der Waals surface area contributed by atoms with Gasteiger partial charge in [-0.05, 0) is 49.7 Å². The minimum Gasteiger partial charge on any atom is -0.385 e. The van der Waals surface area contributed by atoms with Crippen LogP contribution >= 0.6 is 0 Å². The second kappa shape index (κ2) is 6.65. The number of hydrogen-bond donors (Lipinski definition) is 2. The van der Waals surface area contributed by atoms with Crippen molar-refractivity contribution < 1.29 is 4.79 Å². The quantitative estimate of drug-likeness (QED) is 0.873. The molecule has 1 aromatic carbocycles. The summed E-state index contributed by atoms with van der Waals surface area (Å²) in [7, 11) is 0. The number of rotatable bonds is 5. The van der Waals surface area contributed by atoms with E-state index in [-0.39, 0.29) is 5.91 Å². The molecule has 1 aromatic heterocycles. The Balaban J connectivity index is 2.02. The van der Waals surface area contributed by atoms with Gasteiger partial charge in [0.1, 0.15) is 0 Å². The number of aryl methyl sites for hydroxylation is 1. The number of nitrogens with zero attached hydrogens (tertiary/aromatic N) is 2. The molecule has 0 radical (unpaired) electrons. The lowest BCUT2D eigenvalue weighted by atomic mass is 10.1. The second-order valence-corrected chi connectivity index (χ2v) is 4.46. The minimum atomic E-state index is -0.101. The van der Waals surface area contributed by atoms with Crippen molar-refractivity contribution in [3.8, 4) is 0 Å². The Morgan fingerprint density at radius 1 is 1.30 bits per heavy atom. The number of nitrogens with one attached hydrogen (secondary N) is 2. The highest BCUT2D eigenvalue weighted by Gasteiger charge is 2.09. The standard InChI is InChI=1S/C15H18N4O/c1-3-16-12-6-7-14(11(2)9-12)15(20)17-10-13-5-4-8-18-19-13/h4-9,16H,3,10H2,1-2H3,(H,17,20). The average Bonchev–Trinajstić information content (AvgIpc) is 2.46. The van der Waals surface area contributed by atoms with Crippen molar-refractivity contribution in [1.29, 1.82) is 0 Å². The van der Waals surface area contributed by atoms with E-state index in [1.54, 1.807) is 12.3 Å². The maximum Gasteiger partial charge on any atom is 0.251 e. The van der Waals surface area contributed by atoms with Crippen molar-refractivity contribution in [1.82, 2.24) is 15.5 Å². The van der Waals surface area contributed by atoms with Crippen LogP contribution in [0, 0.1) is 6.92 Å². The molecule has 0 fully saturated rings. The zero-order chi connectivity index (χ0) is 14.4. The Morgan fingerprint density at radius 2 is 2.15 bits per heavy atom. The molecule has 0 unspecified atom stereocenters. The topological polar surface area (TPSA) is 66.9 Å². The maximum atomic E-state index is 12.1. The third-order valence-electron chi connectivity index (χ3n) is 2.91. The molecule has 0 saturated heterocycles. The Labute approximate surface area is 118 Å². The van der Waals surface area contributed by atoms with Crippen LogP contribution in [0.2, 0.25) is 0 Å². The molecule has 104 valence electrons. The molecule has 2 aromatic rings. The fourth-order valence-corrected chi connectivity index (χ4v) is 1.93. The monoisotopic (exact) mass is 270 g/mol. The van der Waals surface area contributed by atoms with E-state index in [0.29, 0.717) is 12.1 Å². The largest absolute Gasteiger partial charge is 0.385 e. The lowest BCUT2D eigenvalue weighted by molar-refractivity contribution is 0.0949. The molecular weight excluding hydrogens is 252 g/mol. The van der Waals surface area contributed by atoms with Gasteiger partial charge in [0, 0.05) is 24.0 Å². The summed E-state index contributed by atoms with van der Waals surface area (Å²) < 4.78 is 0. The summed E-state index contributed by atoms with van der Waals surface area (Å²) in [5, 5.41) is 13.8. The molecule has 5 nitrogen and oxygen atoms in total. The first-order valence-corrected chi connectivity index (χ1v) is 6.60. The number of hydrogen-bond acceptors (Lipinski definition) is 4. The first-order valence-electron chi connectivity index (χ1n) is 6.60. The Bertz CT molecular complexity index is 584. The smallest absolute Gasteiger partial charge is 0.251 e. The van der Waals surface area contributed by atoms with E-state index in [2.05, 4.69) is 20.8 Å². The van der Waals surface area contributed by atoms with Gasteiger partial charge >= 0.3 is 0 Å². The van der Waals surface area contributed by atoms with Crippen LogP contribution in [0.4, 0.5) is 5.69 Å². The number of benzene rings is 1. The van der Waals surface area contributed by atoms with Crippen molar-refractivity contribution in [2.45, 2.75) is 20.4 Å². The second-order valence-electron chi connectivity index (χ2n) is 4.46. The van der Waals surface area contributed by atoms with Gasteiger partial charge in [-0.1, -0.05) is 0 Å². The van der Waals surface area contributed by atoms with Gasteiger partial charge in [-0.15, -0.1) is 0 Å². The van der Waals surface area contributed by atoms with Gasteiger partial charge in [0.25, 0.3) is 5.91 Å². The van der Waals surface area contributed by atoms with E-state index in [1.165, 1.54) is 0 Å². The van der Waals surface area contributed by atoms with Crippen molar-refractivity contribution >= 4 is 11.6 Å². The summed E-state index contributed by atoms with van der Waals surface area (Å²) in [4.78, 5) is 12.1. The number of carbonyl (C=O) groups excluding carboxylic acids is 1. The van der Waals surface area contributed by atoms with Crippen molar-refractivity contribution in [2.24, 2.45) is 0 Å². The zero-order valence-corrected chi connectivity index (χ0v) is 11.7. The molecule has 0 saturated carbocycles. The van der Waals surface area contributed by atoms with Crippen LogP contribution in [0.3, 0.4) is 0 Å². The summed E-state index contributed by atoms with van der Waals surface area (Å²) in [6, 6.07) is 9.34. The molecule has 20 heavy (non-hydrogen) atoms. The van der Waals surface area contributed by atoms with E-state index in [9.17, 15) is 4.79 Å². The third kappa shape index (κ3) is 3.54. The molecule has 1 amide bonds. The van der Waals surface area contributed by atoms with Gasteiger partial charge < -0.3 is 10.6 Å². The summed E-state index contributed by atoms with van der Waals surface area (Å²) in [5.41, 5.74) is 3.38. The zero-order valence-electron chi connectivity index (χ0n) is 11.7. The first-order chi connectivity index (χ1) is 9.70. The lowest BCUT2D eigenvalue weighted by Gasteiger charge is -2.10. The van der Waals surface area contributed by atoms with Gasteiger partial charge in [0.15, 0.2) is 0 Å². The molecule has 2 N–H and O–H groups in total. The number of anilines is 1. The fraction of sp³-hybridized carbons (Fsp3) is 0.267. The summed E-state index contributed by atoms with van der Waals surface area (Å²) >= 11 is 0. The van der Waals surface area contributed by atoms with Gasteiger partial charge in [0.05, 0.1) is 12.2 Å². The van der Waals surface area contributed by atoms with Crippen LogP contribution in [0.5, 0.6) is 0 Å². The van der Waals surface area contributed by atoms with Crippen molar-refractivity contribution in [3.05, 3.63) is 53.3 Å². The molecule has 1 heterocycles. The minimum absolute atomic E-state index is 0.101. The molecule has 5 heteroatoms.